The molecule has 0 fully saturated rings. The summed E-state index contributed by atoms with van der Waals surface area (Å²) in [6, 6.07) is 10.9. The fourth-order valence-corrected chi connectivity index (χ4v) is 4.49. The molecule has 0 aliphatic heterocycles. The summed E-state index contributed by atoms with van der Waals surface area (Å²) in [7, 11) is -2.22. The maximum absolute atomic E-state index is 13.2. The van der Waals surface area contributed by atoms with E-state index in [4.69, 9.17) is 4.74 Å². The number of benzene rings is 2. The van der Waals surface area contributed by atoms with Gasteiger partial charge in [0, 0.05) is 13.7 Å². The summed E-state index contributed by atoms with van der Waals surface area (Å²) in [5, 5.41) is 5.46. The predicted octanol–water partition coefficient (Wildman–Crippen LogP) is 2.86. The van der Waals surface area contributed by atoms with Gasteiger partial charge in [0.25, 0.3) is 5.91 Å². The van der Waals surface area contributed by atoms with Crippen LogP contribution in [0.4, 0.5) is 11.4 Å². The fourth-order valence-electron chi connectivity index (χ4n) is 3.29. The molecule has 2 amide bonds. The number of ether oxygens (including phenoxy) is 1. The number of hydrogen-bond acceptors (Lipinski definition) is 5. The average molecular weight is 462 g/mol. The molecule has 0 saturated carbocycles. The van der Waals surface area contributed by atoms with E-state index in [2.05, 4.69) is 10.6 Å². The van der Waals surface area contributed by atoms with Crippen molar-refractivity contribution in [1.82, 2.24) is 5.32 Å². The molecule has 0 bridgehead atoms. The molecule has 0 radical (unpaired) electrons. The van der Waals surface area contributed by atoms with Crippen LogP contribution in [0.1, 0.15) is 34.8 Å². The van der Waals surface area contributed by atoms with Crippen LogP contribution >= 0.6 is 0 Å². The molecule has 2 N–H and O–H groups in total. The second-order valence-electron chi connectivity index (χ2n) is 7.53. The molecule has 0 spiro atoms. The van der Waals surface area contributed by atoms with E-state index in [-0.39, 0.29) is 17.9 Å². The lowest BCUT2D eigenvalue weighted by Crippen LogP contribution is -2.47. The monoisotopic (exact) mass is 461 g/mol. The van der Waals surface area contributed by atoms with Crippen molar-refractivity contribution < 1.29 is 22.7 Å². The number of anilines is 2. The second kappa shape index (κ2) is 11.1. The van der Waals surface area contributed by atoms with E-state index in [1.165, 1.54) is 7.11 Å². The number of sulfonamides is 1. The van der Waals surface area contributed by atoms with Gasteiger partial charge in [-0.3, -0.25) is 13.9 Å². The lowest BCUT2D eigenvalue weighted by molar-refractivity contribution is -0.117. The van der Waals surface area contributed by atoms with Crippen molar-refractivity contribution in [2.24, 2.45) is 0 Å². The lowest BCUT2D eigenvalue weighted by Gasteiger charge is -2.30. The Balaban J connectivity index is 2.36. The van der Waals surface area contributed by atoms with Crippen LogP contribution in [0.3, 0.4) is 0 Å². The van der Waals surface area contributed by atoms with Crippen LogP contribution in [0.25, 0.3) is 0 Å². The summed E-state index contributed by atoms with van der Waals surface area (Å²) in [6.45, 7) is 6.25. The molecule has 0 heterocycles. The summed E-state index contributed by atoms with van der Waals surface area (Å²) in [4.78, 5) is 25.7. The van der Waals surface area contributed by atoms with E-state index in [1.807, 2.05) is 19.9 Å². The average Bonchev–Trinajstić information content (AvgIpc) is 2.73. The van der Waals surface area contributed by atoms with Gasteiger partial charge in [-0.15, -0.1) is 0 Å². The van der Waals surface area contributed by atoms with Crippen LogP contribution in [0.5, 0.6) is 0 Å². The Morgan fingerprint density at radius 1 is 1.09 bits per heavy atom. The quantitative estimate of drug-likeness (QED) is 0.530. The maximum atomic E-state index is 13.2. The molecular formula is C23H31N3O5S. The molecule has 1 atom stereocenters. The molecule has 8 nitrogen and oxygen atoms in total. The molecule has 0 aromatic heterocycles. The number of carbonyl (C=O) groups is 2. The summed E-state index contributed by atoms with van der Waals surface area (Å²) < 4.78 is 31.4. The lowest BCUT2D eigenvalue weighted by atomic mass is 10.1. The normalized spacial score (nSPS) is 12.2. The maximum Gasteiger partial charge on any atom is 0.253 e. The molecule has 0 saturated heterocycles. The SMILES string of the molecule is CCC(C(=O)Nc1ccccc1C(=O)NCCOC)N(c1ccc(C)c(C)c1)S(C)(=O)=O. The molecular weight excluding hydrogens is 430 g/mol. The Kier molecular flexibility index (Phi) is 8.80. The van der Waals surface area contributed by atoms with Gasteiger partial charge in [0.2, 0.25) is 15.9 Å². The third kappa shape index (κ3) is 6.30. The summed E-state index contributed by atoms with van der Waals surface area (Å²) in [6.07, 6.45) is 1.32. The first-order valence-electron chi connectivity index (χ1n) is 10.3. The van der Waals surface area contributed by atoms with Crippen molar-refractivity contribution in [2.75, 3.05) is 36.1 Å². The summed E-state index contributed by atoms with van der Waals surface area (Å²) in [5.41, 5.74) is 2.95. The van der Waals surface area contributed by atoms with Gasteiger partial charge in [0.1, 0.15) is 6.04 Å². The minimum absolute atomic E-state index is 0.244. The summed E-state index contributed by atoms with van der Waals surface area (Å²) in [5.74, 6) is -0.881. The van der Waals surface area contributed by atoms with E-state index in [0.29, 0.717) is 24.5 Å². The fraction of sp³-hybridized carbons (Fsp3) is 0.391. The number of carbonyl (C=O) groups excluding carboxylic acids is 2. The van der Waals surface area contributed by atoms with Crippen LogP contribution in [0, 0.1) is 13.8 Å². The number of hydrogen-bond donors (Lipinski definition) is 2. The number of amides is 2. The van der Waals surface area contributed by atoms with Crippen LogP contribution in [0.2, 0.25) is 0 Å². The van der Waals surface area contributed by atoms with Crippen molar-refractivity contribution in [3.05, 3.63) is 59.2 Å². The Hall–Kier alpha value is -2.91. The minimum atomic E-state index is -3.76. The van der Waals surface area contributed by atoms with E-state index >= 15 is 0 Å². The third-order valence-corrected chi connectivity index (χ3v) is 6.28. The van der Waals surface area contributed by atoms with Gasteiger partial charge in [-0.05, 0) is 55.7 Å². The Bertz CT molecular complexity index is 1070. The first kappa shape index (κ1) is 25.4. The first-order valence-corrected chi connectivity index (χ1v) is 12.2. The number of aryl methyl sites for hydroxylation is 2. The van der Waals surface area contributed by atoms with E-state index < -0.39 is 22.0 Å². The van der Waals surface area contributed by atoms with Crippen LogP contribution in [-0.4, -0.2) is 52.8 Å². The van der Waals surface area contributed by atoms with Gasteiger partial charge in [-0.25, -0.2) is 8.42 Å². The van der Waals surface area contributed by atoms with Crippen LogP contribution in [-0.2, 0) is 19.6 Å². The Morgan fingerprint density at radius 2 is 1.78 bits per heavy atom. The number of methoxy groups -OCH3 is 1. The molecule has 32 heavy (non-hydrogen) atoms. The van der Waals surface area contributed by atoms with Gasteiger partial charge in [0.15, 0.2) is 0 Å². The van der Waals surface area contributed by atoms with E-state index in [1.54, 1.807) is 43.3 Å². The third-order valence-electron chi connectivity index (χ3n) is 5.10. The zero-order chi connectivity index (χ0) is 23.9. The number of rotatable bonds is 10. The van der Waals surface area contributed by atoms with Crippen LogP contribution in [0.15, 0.2) is 42.5 Å². The van der Waals surface area contributed by atoms with Gasteiger partial charge >= 0.3 is 0 Å². The Labute approximate surface area is 190 Å². The zero-order valence-corrected chi connectivity index (χ0v) is 20.0. The van der Waals surface area contributed by atoms with Gasteiger partial charge in [0.05, 0.1) is 29.8 Å². The molecule has 0 aliphatic carbocycles. The number of para-hydroxylation sites is 1. The highest BCUT2D eigenvalue weighted by atomic mass is 32.2. The van der Waals surface area contributed by atoms with Gasteiger partial charge in [-0.2, -0.15) is 0 Å². The van der Waals surface area contributed by atoms with Crippen molar-refractivity contribution in [3.63, 3.8) is 0 Å². The largest absolute Gasteiger partial charge is 0.383 e. The number of nitrogens with zero attached hydrogens (tertiary/aromatic N) is 1. The predicted molar refractivity (Wildman–Crippen MR) is 127 cm³/mol. The smallest absolute Gasteiger partial charge is 0.253 e. The second-order valence-corrected chi connectivity index (χ2v) is 9.39. The molecule has 174 valence electrons. The molecule has 2 aromatic rings. The van der Waals surface area contributed by atoms with Crippen molar-refractivity contribution >= 4 is 33.2 Å². The van der Waals surface area contributed by atoms with E-state index in [9.17, 15) is 18.0 Å². The summed E-state index contributed by atoms with van der Waals surface area (Å²) >= 11 is 0. The van der Waals surface area contributed by atoms with E-state index in [0.717, 1.165) is 21.7 Å². The molecule has 2 rings (SSSR count). The highest BCUT2D eigenvalue weighted by Gasteiger charge is 2.32. The first-order chi connectivity index (χ1) is 15.1. The van der Waals surface area contributed by atoms with Crippen molar-refractivity contribution in [3.8, 4) is 0 Å². The molecule has 0 aliphatic rings. The highest BCUT2D eigenvalue weighted by Crippen LogP contribution is 2.26. The zero-order valence-electron chi connectivity index (χ0n) is 19.1. The van der Waals surface area contributed by atoms with Crippen molar-refractivity contribution in [1.29, 1.82) is 0 Å². The van der Waals surface area contributed by atoms with Crippen LogP contribution < -0.4 is 14.9 Å². The van der Waals surface area contributed by atoms with Crippen molar-refractivity contribution in [2.45, 2.75) is 33.2 Å². The molecule has 9 heteroatoms. The molecule has 2 aromatic carbocycles. The molecule has 1 unspecified atom stereocenters. The van der Waals surface area contributed by atoms with Gasteiger partial charge in [-0.1, -0.05) is 25.1 Å². The topological polar surface area (TPSA) is 105 Å². The minimum Gasteiger partial charge on any atom is -0.383 e. The highest BCUT2D eigenvalue weighted by molar-refractivity contribution is 7.92. The van der Waals surface area contributed by atoms with Gasteiger partial charge < -0.3 is 15.4 Å². The Morgan fingerprint density at radius 3 is 2.38 bits per heavy atom. The number of nitrogens with one attached hydrogen (secondary N) is 2. The standard InChI is InChI=1S/C23H31N3O5S/c1-6-21(26(32(5,29)30)18-12-11-16(2)17(3)15-18)23(28)25-20-10-8-7-9-19(20)22(27)24-13-14-31-4/h7-12,15,21H,6,13-14H2,1-5H3,(H,24,27)(H,25,28).